The summed E-state index contributed by atoms with van der Waals surface area (Å²) in [5.41, 5.74) is 8.73. The largest absolute Gasteiger partial charge is 0.420 e. The molecule has 3 rings (SSSR count). The zero-order valence-corrected chi connectivity index (χ0v) is 13.3. The average molecular weight is 361 g/mol. The number of H-pyrrole nitrogens is 1. The number of nitrogens with one attached hydrogen (secondary N) is 1. The summed E-state index contributed by atoms with van der Waals surface area (Å²) in [5.74, 6) is 0.124. The van der Waals surface area contributed by atoms with Crippen LogP contribution in [0.15, 0.2) is 40.2 Å². The number of allylic oxidation sites excluding steroid dienone is 1. The number of hydrogen-bond acceptors (Lipinski definition) is 5. The van der Waals surface area contributed by atoms with Gasteiger partial charge < -0.3 is 15.2 Å². The first-order chi connectivity index (χ1) is 10.7. The Bertz CT molecular complexity index is 791. The first-order valence-corrected chi connectivity index (χ1v) is 7.34. The van der Waals surface area contributed by atoms with Gasteiger partial charge in [0.25, 0.3) is 0 Å². The second-order valence-corrected chi connectivity index (χ2v) is 5.75. The second-order valence-electron chi connectivity index (χ2n) is 4.83. The van der Waals surface area contributed by atoms with E-state index in [1.165, 1.54) is 0 Å². The van der Waals surface area contributed by atoms with E-state index in [0.717, 1.165) is 21.3 Å². The number of hydrogen-bond donors (Lipinski definition) is 2. The summed E-state index contributed by atoms with van der Waals surface area (Å²) in [6.07, 6.45) is 0. The summed E-state index contributed by atoms with van der Waals surface area (Å²) in [4.78, 5) is 0. The first kappa shape index (κ1) is 14.6. The number of aromatic amines is 1. The predicted molar refractivity (Wildman–Crippen MR) is 82.7 cm³/mol. The van der Waals surface area contributed by atoms with E-state index in [4.69, 9.17) is 15.2 Å². The fourth-order valence-electron chi connectivity index (χ4n) is 2.58. The molecule has 0 spiro atoms. The topological polar surface area (TPSA) is 97.0 Å². The van der Waals surface area contributed by atoms with E-state index in [1.807, 2.05) is 24.3 Å². The molecule has 1 aromatic carbocycles. The van der Waals surface area contributed by atoms with E-state index < -0.39 is 0 Å². The van der Waals surface area contributed by atoms with E-state index in [0.29, 0.717) is 18.1 Å². The van der Waals surface area contributed by atoms with Gasteiger partial charge >= 0.3 is 0 Å². The predicted octanol–water partition coefficient (Wildman–Crippen LogP) is 2.54. The zero-order chi connectivity index (χ0) is 15.7. The molecule has 0 bridgehead atoms. The van der Waals surface area contributed by atoms with Crippen molar-refractivity contribution in [1.82, 2.24) is 10.2 Å². The van der Waals surface area contributed by atoms with Crippen molar-refractivity contribution < 1.29 is 9.47 Å². The van der Waals surface area contributed by atoms with E-state index >= 15 is 0 Å². The van der Waals surface area contributed by atoms with Crippen molar-refractivity contribution in [2.45, 2.75) is 12.5 Å². The summed E-state index contributed by atoms with van der Waals surface area (Å²) < 4.78 is 11.6. The molecule has 0 saturated carbocycles. The number of halogens is 1. The van der Waals surface area contributed by atoms with Crippen LogP contribution in [0.25, 0.3) is 0 Å². The van der Waals surface area contributed by atoms with Crippen LogP contribution in [0.5, 0.6) is 5.88 Å². The molecule has 3 N–H and O–H groups in total. The lowest BCUT2D eigenvalue weighted by Crippen LogP contribution is -2.21. The third kappa shape index (κ3) is 2.36. The highest BCUT2D eigenvalue weighted by Crippen LogP contribution is 2.43. The Kier molecular flexibility index (Phi) is 3.88. The fraction of sp³-hybridized carbons (Fsp3) is 0.200. The molecule has 1 aliphatic heterocycles. The van der Waals surface area contributed by atoms with Crippen LogP contribution in [0.1, 0.15) is 22.7 Å². The number of fused-ring (bicyclic) bond motifs is 1. The van der Waals surface area contributed by atoms with Crippen molar-refractivity contribution in [2.75, 3.05) is 7.11 Å². The van der Waals surface area contributed by atoms with E-state index in [-0.39, 0.29) is 11.8 Å². The van der Waals surface area contributed by atoms with Gasteiger partial charge in [0.1, 0.15) is 11.6 Å². The highest BCUT2D eigenvalue weighted by Gasteiger charge is 2.35. The van der Waals surface area contributed by atoms with Crippen LogP contribution in [0.2, 0.25) is 0 Å². The quantitative estimate of drug-likeness (QED) is 0.876. The number of nitrogens with zero attached hydrogens (tertiary/aromatic N) is 2. The smallest absolute Gasteiger partial charge is 0.244 e. The highest BCUT2D eigenvalue weighted by molar-refractivity contribution is 9.10. The molecule has 2 heterocycles. The van der Waals surface area contributed by atoms with Crippen LogP contribution in [0.4, 0.5) is 0 Å². The lowest BCUT2D eigenvalue weighted by Gasteiger charge is -2.24. The third-order valence-corrected chi connectivity index (χ3v) is 3.98. The van der Waals surface area contributed by atoms with Crippen LogP contribution < -0.4 is 10.5 Å². The Labute approximate surface area is 135 Å². The van der Waals surface area contributed by atoms with Crippen molar-refractivity contribution in [3.8, 4) is 11.9 Å². The number of nitrogens with two attached hydrogens (primary N) is 1. The zero-order valence-electron chi connectivity index (χ0n) is 11.8. The first-order valence-electron chi connectivity index (χ1n) is 6.54. The number of rotatable bonds is 3. The minimum Gasteiger partial charge on any atom is -0.420 e. The van der Waals surface area contributed by atoms with Gasteiger partial charge in [-0.2, -0.15) is 5.26 Å². The molecule has 0 unspecified atom stereocenters. The molecule has 0 saturated heterocycles. The van der Waals surface area contributed by atoms with Crippen molar-refractivity contribution in [2.24, 2.45) is 5.73 Å². The summed E-state index contributed by atoms with van der Waals surface area (Å²) in [6, 6.07) is 9.89. The van der Waals surface area contributed by atoms with Gasteiger partial charge in [-0.15, -0.1) is 5.10 Å². The lowest BCUT2D eigenvalue weighted by atomic mass is 9.84. The molecule has 22 heavy (non-hydrogen) atoms. The summed E-state index contributed by atoms with van der Waals surface area (Å²) in [6.45, 7) is 0.342. The molecule has 6 nitrogen and oxygen atoms in total. The Balaban J connectivity index is 2.21. The maximum atomic E-state index is 9.50. The summed E-state index contributed by atoms with van der Waals surface area (Å²) in [7, 11) is 1.60. The average Bonchev–Trinajstić information content (AvgIpc) is 2.88. The van der Waals surface area contributed by atoms with Gasteiger partial charge in [-0.1, -0.05) is 28.1 Å². The van der Waals surface area contributed by atoms with Crippen LogP contribution in [-0.4, -0.2) is 17.3 Å². The number of methoxy groups -OCH3 is 1. The van der Waals surface area contributed by atoms with Crippen LogP contribution in [0, 0.1) is 11.3 Å². The van der Waals surface area contributed by atoms with Crippen LogP contribution in [-0.2, 0) is 11.3 Å². The van der Waals surface area contributed by atoms with Crippen molar-refractivity contribution in [3.63, 3.8) is 0 Å². The molecular formula is C15H13BrN4O2. The standard InChI is InChI=1S/C15H13BrN4O2/c1-21-7-11-13-12(8-3-2-4-9(16)5-8)10(6-17)14(18)22-15(13)20-19-11/h2-5,12H,7,18H2,1H3,(H,19,20)/t12-/m0/s1. The minimum atomic E-state index is -0.338. The molecule has 0 amide bonds. The SMILES string of the molecule is COCc1[nH]nc2c1[C@@H](c1cccc(Br)c1)C(C#N)=C(N)O2. The third-order valence-electron chi connectivity index (χ3n) is 3.49. The molecule has 7 heteroatoms. The molecular weight excluding hydrogens is 348 g/mol. The molecule has 2 aromatic rings. The molecule has 1 aliphatic rings. The van der Waals surface area contributed by atoms with Gasteiger partial charge in [0.15, 0.2) is 0 Å². The lowest BCUT2D eigenvalue weighted by molar-refractivity contribution is 0.180. The number of aromatic nitrogens is 2. The van der Waals surface area contributed by atoms with Gasteiger partial charge in [-0.3, -0.25) is 5.10 Å². The summed E-state index contributed by atoms with van der Waals surface area (Å²) >= 11 is 3.46. The Morgan fingerprint density at radius 2 is 2.36 bits per heavy atom. The van der Waals surface area contributed by atoms with E-state index in [2.05, 4.69) is 32.2 Å². The molecule has 0 fully saturated rings. The molecule has 1 aromatic heterocycles. The maximum Gasteiger partial charge on any atom is 0.244 e. The van der Waals surface area contributed by atoms with Crippen LogP contribution in [0.3, 0.4) is 0 Å². The van der Waals surface area contributed by atoms with Crippen molar-refractivity contribution in [1.29, 1.82) is 5.26 Å². The van der Waals surface area contributed by atoms with Crippen LogP contribution >= 0.6 is 15.9 Å². The monoisotopic (exact) mass is 360 g/mol. The van der Waals surface area contributed by atoms with Gasteiger partial charge in [-0.05, 0) is 17.7 Å². The highest BCUT2D eigenvalue weighted by atomic mass is 79.9. The van der Waals surface area contributed by atoms with Crippen molar-refractivity contribution in [3.05, 3.63) is 57.0 Å². The Hall–Kier alpha value is -2.30. The fourth-order valence-corrected chi connectivity index (χ4v) is 3.00. The molecule has 1 atom stereocenters. The number of ether oxygens (including phenoxy) is 2. The maximum absolute atomic E-state index is 9.50. The summed E-state index contributed by atoms with van der Waals surface area (Å²) in [5, 5.41) is 16.5. The molecule has 0 aliphatic carbocycles. The number of nitriles is 1. The molecule has 112 valence electrons. The van der Waals surface area contributed by atoms with Crippen molar-refractivity contribution >= 4 is 15.9 Å². The minimum absolute atomic E-state index is 0.0791. The van der Waals surface area contributed by atoms with E-state index in [9.17, 15) is 5.26 Å². The van der Waals surface area contributed by atoms with Gasteiger partial charge in [-0.25, -0.2) is 0 Å². The Morgan fingerprint density at radius 1 is 1.55 bits per heavy atom. The van der Waals surface area contributed by atoms with Gasteiger partial charge in [0.05, 0.1) is 23.8 Å². The normalized spacial score (nSPS) is 16.9. The second kappa shape index (κ2) is 5.83. The van der Waals surface area contributed by atoms with E-state index in [1.54, 1.807) is 7.11 Å². The Morgan fingerprint density at radius 3 is 3.05 bits per heavy atom. The van der Waals surface area contributed by atoms with Gasteiger partial charge in [0, 0.05) is 11.6 Å². The number of benzene rings is 1. The van der Waals surface area contributed by atoms with Gasteiger partial charge in [0.2, 0.25) is 11.8 Å². The molecule has 0 radical (unpaired) electrons.